The maximum absolute atomic E-state index is 12.3. The van der Waals surface area contributed by atoms with E-state index in [4.69, 9.17) is 5.73 Å². The molecule has 1 aliphatic heterocycles. The molecule has 0 spiro atoms. The van der Waals surface area contributed by atoms with Gasteiger partial charge in [0, 0.05) is 31.4 Å². The van der Waals surface area contributed by atoms with Gasteiger partial charge in [-0.15, -0.1) is 0 Å². The van der Waals surface area contributed by atoms with Gasteiger partial charge in [-0.25, -0.2) is 0 Å². The minimum atomic E-state index is -0.100. The second kappa shape index (κ2) is 5.73. The van der Waals surface area contributed by atoms with Gasteiger partial charge in [-0.2, -0.15) is 0 Å². The van der Waals surface area contributed by atoms with Gasteiger partial charge < -0.3 is 16.0 Å². The van der Waals surface area contributed by atoms with E-state index in [1.165, 1.54) is 0 Å². The number of nitrogen functional groups attached to an aromatic ring is 1. The third-order valence-corrected chi connectivity index (χ3v) is 3.48. The van der Waals surface area contributed by atoms with Crippen LogP contribution in [0.25, 0.3) is 0 Å². The van der Waals surface area contributed by atoms with Gasteiger partial charge in [-0.05, 0) is 37.1 Å². The van der Waals surface area contributed by atoms with E-state index >= 15 is 0 Å². The van der Waals surface area contributed by atoms with Crippen molar-refractivity contribution in [2.24, 2.45) is 5.92 Å². The molecule has 0 radical (unpaired) electrons. The molecule has 1 aromatic rings. The summed E-state index contributed by atoms with van der Waals surface area (Å²) in [6, 6.07) is 6.88. The smallest absolute Gasteiger partial charge is 0.253 e. The van der Waals surface area contributed by atoms with E-state index in [2.05, 4.69) is 5.32 Å². The first-order valence-corrected chi connectivity index (χ1v) is 6.48. The normalized spacial score (nSPS) is 19.0. The number of hydrogen-bond donors (Lipinski definition) is 2. The number of likely N-dealkylation sites (tertiary alicyclic amines) is 1. The van der Waals surface area contributed by atoms with Gasteiger partial charge in [-0.1, -0.05) is 0 Å². The zero-order valence-electron chi connectivity index (χ0n) is 11.1. The minimum absolute atomic E-state index is 0.00908. The molecule has 2 amide bonds. The number of hydrogen-bond acceptors (Lipinski definition) is 3. The molecule has 0 saturated carbocycles. The lowest BCUT2D eigenvalue weighted by Gasteiger charge is -2.31. The quantitative estimate of drug-likeness (QED) is 0.776. The number of piperidine rings is 1. The van der Waals surface area contributed by atoms with E-state index in [9.17, 15) is 9.59 Å². The largest absolute Gasteiger partial charge is 0.399 e. The molecule has 1 saturated heterocycles. The summed E-state index contributed by atoms with van der Waals surface area (Å²) in [4.78, 5) is 25.7. The first-order chi connectivity index (χ1) is 9.11. The van der Waals surface area contributed by atoms with Crippen LogP contribution >= 0.6 is 0 Å². The molecular formula is C14H19N3O2. The summed E-state index contributed by atoms with van der Waals surface area (Å²) in [6.45, 7) is 1.19. The van der Waals surface area contributed by atoms with Gasteiger partial charge in [0.15, 0.2) is 0 Å². The number of rotatable bonds is 2. The number of nitrogens with two attached hydrogens (primary N) is 1. The van der Waals surface area contributed by atoms with Crippen molar-refractivity contribution in [2.75, 3.05) is 25.9 Å². The van der Waals surface area contributed by atoms with Crippen LogP contribution in [0.4, 0.5) is 5.69 Å². The highest BCUT2D eigenvalue weighted by molar-refractivity contribution is 5.95. The lowest BCUT2D eigenvalue weighted by molar-refractivity contribution is -0.125. The summed E-state index contributed by atoms with van der Waals surface area (Å²) in [5, 5.41) is 2.65. The molecule has 0 bridgehead atoms. The maximum Gasteiger partial charge on any atom is 0.253 e. The van der Waals surface area contributed by atoms with Gasteiger partial charge in [0.05, 0.1) is 5.92 Å². The Morgan fingerprint density at radius 3 is 2.63 bits per heavy atom. The Morgan fingerprint density at radius 2 is 2.00 bits per heavy atom. The summed E-state index contributed by atoms with van der Waals surface area (Å²) in [6.07, 6.45) is 1.70. The van der Waals surface area contributed by atoms with Gasteiger partial charge in [0.25, 0.3) is 5.91 Å². The molecule has 1 aromatic carbocycles. The Hall–Kier alpha value is -2.04. The molecule has 1 atom stereocenters. The molecule has 5 heteroatoms. The Balaban J connectivity index is 2.06. The molecule has 5 nitrogen and oxygen atoms in total. The Bertz CT molecular complexity index is 470. The summed E-state index contributed by atoms with van der Waals surface area (Å²) >= 11 is 0. The second-order valence-corrected chi connectivity index (χ2v) is 4.83. The van der Waals surface area contributed by atoms with Gasteiger partial charge in [0.1, 0.15) is 0 Å². The highest BCUT2D eigenvalue weighted by Crippen LogP contribution is 2.19. The standard InChI is InChI=1S/C14H19N3O2/c1-16-13(18)11-3-2-8-17(9-11)14(19)10-4-6-12(15)7-5-10/h4-7,11H,2-3,8-9,15H2,1H3,(H,16,18). The molecular weight excluding hydrogens is 242 g/mol. The van der Waals surface area contributed by atoms with Crippen molar-refractivity contribution in [1.29, 1.82) is 0 Å². The van der Waals surface area contributed by atoms with Crippen molar-refractivity contribution < 1.29 is 9.59 Å². The molecule has 1 heterocycles. The van der Waals surface area contributed by atoms with Gasteiger partial charge >= 0.3 is 0 Å². The molecule has 0 aliphatic carbocycles. The fourth-order valence-corrected chi connectivity index (χ4v) is 2.39. The number of nitrogens with one attached hydrogen (secondary N) is 1. The van der Waals surface area contributed by atoms with E-state index in [0.29, 0.717) is 24.3 Å². The number of amides is 2. The van der Waals surface area contributed by atoms with Crippen LogP contribution in [0.3, 0.4) is 0 Å². The van der Waals surface area contributed by atoms with Crippen molar-refractivity contribution in [1.82, 2.24) is 10.2 Å². The SMILES string of the molecule is CNC(=O)C1CCCN(C(=O)c2ccc(N)cc2)C1. The zero-order valence-corrected chi connectivity index (χ0v) is 11.1. The monoisotopic (exact) mass is 261 g/mol. The van der Waals surface area contributed by atoms with Crippen molar-refractivity contribution in [3.63, 3.8) is 0 Å². The second-order valence-electron chi connectivity index (χ2n) is 4.83. The van der Waals surface area contributed by atoms with E-state index in [0.717, 1.165) is 12.8 Å². The molecule has 1 fully saturated rings. The maximum atomic E-state index is 12.3. The van der Waals surface area contributed by atoms with Gasteiger partial charge in [-0.3, -0.25) is 9.59 Å². The lowest BCUT2D eigenvalue weighted by Crippen LogP contribution is -2.44. The highest BCUT2D eigenvalue weighted by Gasteiger charge is 2.28. The van der Waals surface area contributed by atoms with Crippen LogP contribution in [0.1, 0.15) is 23.2 Å². The molecule has 2 rings (SSSR count). The van der Waals surface area contributed by atoms with E-state index < -0.39 is 0 Å². The molecule has 1 unspecified atom stereocenters. The van der Waals surface area contributed by atoms with Crippen LogP contribution in [-0.4, -0.2) is 36.9 Å². The Morgan fingerprint density at radius 1 is 1.32 bits per heavy atom. The van der Waals surface area contributed by atoms with Crippen LogP contribution in [0, 0.1) is 5.92 Å². The summed E-state index contributed by atoms with van der Waals surface area (Å²) in [7, 11) is 1.63. The average Bonchev–Trinajstić information content (AvgIpc) is 2.46. The minimum Gasteiger partial charge on any atom is -0.399 e. The van der Waals surface area contributed by atoms with Crippen LogP contribution in [0.2, 0.25) is 0 Å². The third-order valence-electron chi connectivity index (χ3n) is 3.48. The molecule has 19 heavy (non-hydrogen) atoms. The first-order valence-electron chi connectivity index (χ1n) is 6.48. The number of nitrogens with zero attached hydrogens (tertiary/aromatic N) is 1. The highest BCUT2D eigenvalue weighted by atomic mass is 16.2. The molecule has 3 N–H and O–H groups in total. The van der Waals surface area contributed by atoms with Crippen molar-refractivity contribution in [2.45, 2.75) is 12.8 Å². The van der Waals surface area contributed by atoms with Gasteiger partial charge in [0.2, 0.25) is 5.91 Å². The zero-order chi connectivity index (χ0) is 13.8. The third kappa shape index (κ3) is 3.05. The molecule has 1 aliphatic rings. The number of carbonyl (C=O) groups is 2. The number of carbonyl (C=O) groups excluding carboxylic acids is 2. The summed E-state index contributed by atoms with van der Waals surface area (Å²) in [5.74, 6) is -0.125. The average molecular weight is 261 g/mol. The van der Waals surface area contributed by atoms with Crippen LogP contribution < -0.4 is 11.1 Å². The van der Waals surface area contributed by atoms with Crippen LogP contribution in [0.5, 0.6) is 0 Å². The Kier molecular flexibility index (Phi) is 4.04. The molecule has 0 aromatic heterocycles. The predicted octanol–water partition coefficient (Wildman–Crippen LogP) is 0.867. The Labute approximate surface area is 112 Å². The molecule has 102 valence electrons. The fourth-order valence-electron chi connectivity index (χ4n) is 2.39. The predicted molar refractivity (Wildman–Crippen MR) is 73.5 cm³/mol. The number of benzene rings is 1. The van der Waals surface area contributed by atoms with Crippen molar-refractivity contribution in [3.8, 4) is 0 Å². The topological polar surface area (TPSA) is 75.4 Å². The van der Waals surface area contributed by atoms with Crippen molar-refractivity contribution >= 4 is 17.5 Å². The van der Waals surface area contributed by atoms with E-state index in [1.807, 2.05) is 0 Å². The van der Waals surface area contributed by atoms with Crippen LogP contribution in [-0.2, 0) is 4.79 Å². The fraction of sp³-hybridized carbons (Fsp3) is 0.429. The van der Waals surface area contributed by atoms with Crippen LogP contribution in [0.15, 0.2) is 24.3 Å². The number of anilines is 1. The summed E-state index contributed by atoms with van der Waals surface area (Å²) in [5.41, 5.74) is 6.86. The lowest BCUT2D eigenvalue weighted by atomic mass is 9.96. The van der Waals surface area contributed by atoms with Crippen molar-refractivity contribution in [3.05, 3.63) is 29.8 Å². The van der Waals surface area contributed by atoms with E-state index in [1.54, 1.807) is 36.2 Å². The summed E-state index contributed by atoms with van der Waals surface area (Å²) < 4.78 is 0. The first kappa shape index (κ1) is 13.4. The van der Waals surface area contributed by atoms with E-state index in [-0.39, 0.29) is 17.7 Å².